The summed E-state index contributed by atoms with van der Waals surface area (Å²) in [6, 6.07) is 18.1. The Morgan fingerprint density at radius 3 is 2.37 bits per heavy atom. The Labute approximate surface area is 124 Å². The number of halogens is 1. The zero-order valence-electron chi connectivity index (χ0n) is 10.0. The molecule has 0 fully saturated rings. The number of hydrogen-bond acceptors (Lipinski definition) is 3. The molecule has 94 valence electrons. The quantitative estimate of drug-likeness (QED) is 0.731. The fourth-order valence-corrected chi connectivity index (χ4v) is 3.21. The Morgan fingerprint density at radius 1 is 0.947 bits per heavy atom. The van der Waals surface area contributed by atoms with Gasteiger partial charge in [-0.2, -0.15) is 0 Å². The minimum Gasteiger partial charge on any atom is -0.389 e. The van der Waals surface area contributed by atoms with Crippen molar-refractivity contribution in [2.45, 2.75) is 0 Å². The molecule has 1 heterocycles. The van der Waals surface area contributed by atoms with Crippen molar-refractivity contribution in [3.8, 4) is 21.8 Å². The Morgan fingerprint density at radius 2 is 1.63 bits per heavy atom. The minimum atomic E-state index is 0.741. The standard InChI is InChI=1S/C15H11BrN2S/c16-12-9-5-4-8-11(12)13-14(17)19-15(18-13)10-6-2-1-3-7-10/h1-9H,17H2. The fourth-order valence-electron chi connectivity index (χ4n) is 1.88. The highest BCUT2D eigenvalue weighted by Crippen LogP contribution is 2.38. The van der Waals surface area contributed by atoms with Gasteiger partial charge in [-0.15, -0.1) is 0 Å². The molecule has 0 saturated carbocycles. The van der Waals surface area contributed by atoms with Gasteiger partial charge in [0, 0.05) is 15.6 Å². The zero-order valence-corrected chi connectivity index (χ0v) is 12.4. The van der Waals surface area contributed by atoms with Gasteiger partial charge in [0.15, 0.2) is 0 Å². The highest BCUT2D eigenvalue weighted by atomic mass is 79.9. The van der Waals surface area contributed by atoms with E-state index in [2.05, 4.69) is 20.9 Å². The number of nitrogens with zero attached hydrogens (tertiary/aromatic N) is 1. The largest absolute Gasteiger partial charge is 0.389 e. The van der Waals surface area contributed by atoms with Crippen LogP contribution in [0.3, 0.4) is 0 Å². The maximum absolute atomic E-state index is 6.11. The van der Waals surface area contributed by atoms with Crippen molar-refractivity contribution in [1.29, 1.82) is 0 Å². The lowest BCUT2D eigenvalue weighted by molar-refractivity contribution is 1.39. The van der Waals surface area contributed by atoms with E-state index >= 15 is 0 Å². The molecule has 0 atom stereocenters. The molecule has 0 amide bonds. The summed E-state index contributed by atoms with van der Waals surface area (Å²) in [5.41, 5.74) is 9.08. The highest BCUT2D eigenvalue weighted by molar-refractivity contribution is 9.10. The molecule has 1 aromatic heterocycles. The Kier molecular flexibility index (Phi) is 3.36. The lowest BCUT2D eigenvalue weighted by atomic mass is 10.1. The van der Waals surface area contributed by atoms with Crippen LogP contribution in [0.15, 0.2) is 59.1 Å². The van der Waals surface area contributed by atoms with Crippen LogP contribution in [0.2, 0.25) is 0 Å². The van der Waals surface area contributed by atoms with Crippen molar-refractivity contribution in [1.82, 2.24) is 4.98 Å². The van der Waals surface area contributed by atoms with Gasteiger partial charge in [-0.1, -0.05) is 75.8 Å². The second kappa shape index (κ2) is 5.15. The monoisotopic (exact) mass is 330 g/mol. The molecule has 4 heteroatoms. The van der Waals surface area contributed by atoms with Gasteiger partial charge in [0.05, 0.1) is 0 Å². The number of benzene rings is 2. The van der Waals surface area contributed by atoms with Gasteiger partial charge in [-0.25, -0.2) is 4.98 Å². The van der Waals surface area contributed by atoms with Crippen molar-refractivity contribution in [2.24, 2.45) is 0 Å². The predicted molar refractivity (Wildman–Crippen MR) is 85.1 cm³/mol. The van der Waals surface area contributed by atoms with E-state index in [1.807, 2.05) is 54.6 Å². The van der Waals surface area contributed by atoms with Crippen LogP contribution in [0, 0.1) is 0 Å². The molecule has 3 aromatic rings. The Balaban J connectivity index is 2.11. The first-order chi connectivity index (χ1) is 9.25. The molecule has 3 rings (SSSR count). The number of rotatable bonds is 2. The molecule has 0 radical (unpaired) electrons. The molecule has 0 spiro atoms. The summed E-state index contributed by atoms with van der Waals surface area (Å²) < 4.78 is 1.01. The van der Waals surface area contributed by atoms with Crippen molar-refractivity contribution < 1.29 is 0 Å². The van der Waals surface area contributed by atoms with Crippen LogP contribution >= 0.6 is 27.3 Å². The van der Waals surface area contributed by atoms with Crippen molar-refractivity contribution in [3.05, 3.63) is 59.1 Å². The topological polar surface area (TPSA) is 38.9 Å². The van der Waals surface area contributed by atoms with Gasteiger partial charge in [0.25, 0.3) is 0 Å². The zero-order chi connectivity index (χ0) is 13.2. The number of thiazole rings is 1. The van der Waals surface area contributed by atoms with E-state index in [-0.39, 0.29) is 0 Å². The van der Waals surface area contributed by atoms with Gasteiger partial charge in [0.1, 0.15) is 15.7 Å². The fraction of sp³-hybridized carbons (Fsp3) is 0. The Hall–Kier alpha value is -1.65. The third-order valence-electron chi connectivity index (χ3n) is 2.80. The minimum absolute atomic E-state index is 0.741. The maximum atomic E-state index is 6.11. The van der Waals surface area contributed by atoms with E-state index in [1.165, 1.54) is 11.3 Å². The third-order valence-corrected chi connectivity index (χ3v) is 4.43. The highest BCUT2D eigenvalue weighted by Gasteiger charge is 2.13. The van der Waals surface area contributed by atoms with Crippen LogP contribution in [0.5, 0.6) is 0 Å². The molecule has 0 aliphatic rings. The van der Waals surface area contributed by atoms with Crippen molar-refractivity contribution in [2.75, 3.05) is 5.73 Å². The molecule has 2 N–H and O–H groups in total. The molecule has 0 bridgehead atoms. The predicted octanol–water partition coefficient (Wildman–Crippen LogP) is 4.82. The first-order valence-corrected chi connectivity index (χ1v) is 7.43. The van der Waals surface area contributed by atoms with Crippen LogP contribution in [0.1, 0.15) is 0 Å². The molecule has 0 aliphatic carbocycles. The van der Waals surface area contributed by atoms with Crippen LogP contribution in [-0.4, -0.2) is 4.98 Å². The van der Waals surface area contributed by atoms with E-state index in [0.717, 1.165) is 31.3 Å². The SMILES string of the molecule is Nc1sc(-c2ccccc2)nc1-c1ccccc1Br. The normalized spacial score (nSPS) is 10.6. The van der Waals surface area contributed by atoms with E-state index in [9.17, 15) is 0 Å². The van der Waals surface area contributed by atoms with Gasteiger partial charge < -0.3 is 5.73 Å². The average molecular weight is 331 g/mol. The second-order valence-corrected chi connectivity index (χ2v) is 5.96. The maximum Gasteiger partial charge on any atom is 0.126 e. The van der Waals surface area contributed by atoms with Crippen molar-refractivity contribution >= 4 is 32.3 Å². The molecule has 0 aliphatic heterocycles. The summed E-state index contributed by atoms with van der Waals surface area (Å²) in [7, 11) is 0. The smallest absolute Gasteiger partial charge is 0.126 e. The lowest BCUT2D eigenvalue weighted by Gasteiger charge is -2.01. The summed E-state index contributed by atoms with van der Waals surface area (Å²) in [4.78, 5) is 4.67. The number of nitrogen functional groups attached to an aromatic ring is 1. The number of aromatic nitrogens is 1. The summed E-state index contributed by atoms with van der Waals surface area (Å²) in [6.07, 6.45) is 0. The van der Waals surface area contributed by atoms with E-state index in [4.69, 9.17) is 5.73 Å². The third kappa shape index (κ3) is 2.41. The lowest BCUT2D eigenvalue weighted by Crippen LogP contribution is -1.86. The molecule has 2 aromatic carbocycles. The van der Waals surface area contributed by atoms with Gasteiger partial charge in [-0.3, -0.25) is 0 Å². The summed E-state index contributed by atoms with van der Waals surface area (Å²) in [5.74, 6) is 0. The van der Waals surface area contributed by atoms with Crippen LogP contribution < -0.4 is 5.73 Å². The number of hydrogen-bond donors (Lipinski definition) is 1. The Bertz CT molecular complexity index is 707. The summed E-state index contributed by atoms with van der Waals surface area (Å²) in [5, 5.41) is 1.69. The first-order valence-electron chi connectivity index (χ1n) is 5.82. The summed E-state index contributed by atoms with van der Waals surface area (Å²) >= 11 is 5.06. The van der Waals surface area contributed by atoms with Crippen molar-refractivity contribution in [3.63, 3.8) is 0 Å². The van der Waals surface area contributed by atoms with Crippen LogP contribution in [-0.2, 0) is 0 Å². The second-order valence-electron chi connectivity index (χ2n) is 4.08. The van der Waals surface area contributed by atoms with Gasteiger partial charge in [-0.05, 0) is 6.07 Å². The number of nitrogens with two attached hydrogens (primary N) is 1. The molecule has 2 nitrogen and oxygen atoms in total. The van der Waals surface area contributed by atoms with Gasteiger partial charge >= 0.3 is 0 Å². The van der Waals surface area contributed by atoms with Crippen LogP contribution in [0.25, 0.3) is 21.8 Å². The number of anilines is 1. The van der Waals surface area contributed by atoms with E-state index in [1.54, 1.807) is 0 Å². The van der Waals surface area contributed by atoms with Gasteiger partial charge in [0.2, 0.25) is 0 Å². The van der Waals surface area contributed by atoms with E-state index in [0.29, 0.717) is 0 Å². The average Bonchev–Trinajstić information content (AvgIpc) is 2.82. The first kappa shape index (κ1) is 12.4. The van der Waals surface area contributed by atoms with Crippen LogP contribution in [0.4, 0.5) is 5.00 Å². The molecular formula is C15H11BrN2S. The molecular weight excluding hydrogens is 320 g/mol. The van der Waals surface area contributed by atoms with E-state index < -0.39 is 0 Å². The molecule has 0 saturated heterocycles. The molecule has 19 heavy (non-hydrogen) atoms. The summed E-state index contributed by atoms with van der Waals surface area (Å²) in [6.45, 7) is 0. The molecule has 0 unspecified atom stereocenters.